The van der Waals surface area contributed by atoms with Gasteiger partial charge < -0.3 is 4.74 Å². The van der Waals surface area contributed by atoms with E-state index >= 15 is 0 Å². The molecule has 0 radical (unpaired) electrons. The molecular formula is C42H77ClNO2+. The molecule has 1 rings (SSSR count). The first-order valence-electron chi connectivity index (χ1n) is 20.5. The molecule has 1 heterocycles. The number of nitrogens with zero attached hydrogens (tertiary/aromatic N) is 1. The van der Waals surface area contributed by atoms with Crippen LogP contribution in [0.2, 0.25) is 5.15 Å². The molecule has 0 aliphatic rings. The maximum atomic E-state index is 13.2. The monoisotopic (exact) mass is 663 g/mol. The summed E-state index contributed by atoms with van der Waals surface area (Å²) in [6.07, 6.45) is 41.8. The third-order valence-electron chi connectivity index (χ3n) is 9.86. The van der Waals surface area contributed by atoms with Crippen molar-refractivity contribution in [2.75, 3.05) is 6.61 Å². The molecule has 0 spiro atoms. The van der Waals surface area contributed by atoms with E-state index in [4.69, 9.17) is 16.3 Å². The Morgan fingerprint density at radius 1 is 0.587 bits per heavy atom. The Kier molecular flexibility index (Phi) is 30.3. The van der Waals surface area contributed by atoms with Crippen LogP contribution in [0.4, 0.5) is 0 Å². The largest absolute Gasteiger partial charge is 0.462 e. The van der Waals surface area contributed by atoms with E-state index in [-0.39, 0.29) is 5.97 Å². The number of hydrogen-bond donors (Lipinski definition) is 0. The summed E-state index contributed by atoms with van der Waals surface area (Å²) in [4.78, 5) is 13.2. The lowest BCUT2D eigenvalue weighted by atomic mass is 9.94. The SMILES string of the molecule is CCCCCCCCCCCCC(CCCCCCCCCC)COC(=O)c1ccc[n+](CCCCCCCCCCCC)c1Cl. The smallest absolute Gasteiger partial charge is 0.345 e. The van der Waals surface area contributed by atoms with Gasteiger partial charge in [-0.15, -0.1) is 0 Å². The maximum Gasteiger partial charge on any atom is 0.345 e. The van der Waals surface area contributed by atoms with Crippen molar-refractivity contribution in [1.29, 1.82) is 0 Å². The molecule has 0 saturated carbocycles. The van der Waals surface area contributed by atoms with Crippen LogP contribution in [0, 0.1) is 5.92 Å². The van der Waals surface area contributed by atoms with Gasteiger partial charge in [0.05, 0.1) is 6.61 Å². The van der Waals surface area contributed by atoms with Gasteiger partial charge in [-0.1, -0.05) is 188 Å². The molecule has 4 heteroatoms. The normalized spacial score (nSPS) is 12.1. The number of pyridine rings is 1. The van der Waals surface area contributed by atoms with Crippen LogP contribution >= 0.6 is 11.6 Å². The third kappa shape index (κ3) is 24.1. The number of hydrogen-bond acceptors (Lipinski definition) is 2. The molecule has 0 aliphatic carbocycles. The quantitative estimate of drug-likeness (QED) is 0.0318. The van der Waals surface area contributed by atoms with E-state index in [0.717, 1.165) is 13.0 Å². The fourth-order valence-corrected chi connectivity index (χ4v) is 6.98. The topological polar surface area (TPSA) is 30.2 Å². The van der Waals surface area contributed by atoms with Crippen molar-refractivity contribution in [2.45, 2.75) is 220 Å². The molecule has 1 atom stereocenters. The van der Waals surface area contributed by atoms with Crippen LogP contribution < -0.4 is 4.57 Å². The summed E-state index contributed by atoms with van der Waals surface area (Å²) in [6, 6.07) is 3.77. The highest BCUT2D eigenvalue weighted by Gasteiger charge is 2.22. The molecule has 0 aliphatic heterocycles. The van der Waals surface area contributed by atoms with Crippen molar-refractivity contribution in [3.05, 3.63) is 29.0 Å². The number of halogens is 1. The molecule has 3 nitrogen and oxygen atoms in total. The fraction of sp³-hybridized carbons (Fsp3) is 0.857. The Morgan fingerprint density at radius 3 is 1.37 bits per heavy atom. The Balaban J connectivity index is 2.44. The molecule has 0 fully saturated rings. The van der Waals surface area contributed by atoms with Crippen LogP contribution in [0.1, 0.15) is 224 Å². The number of carbonyl (C=O) groups excluding carboxylic acids is 1. The van der Waals surface area contributed by atoms with Crippen molar-refractivity contribution in [3.63, 3.8) is 0 Å². The second-order valence-corrected chi connectivity index (χ2v) is 14.6. The molecule has 0 bridgehead atoms. The predicted octanol–water partition coefficient (Wildman–Crippen LogP) is 14.2. The van der Waals surface area contributed by atoms with Crippen LogP contribution in [0.3, 0.4) is 0 Å². The van der Waals surface area contributed by atoms with Gasteiger partial charge in [-0.05, 0) is 42.8 Å². The molecular weight excluding hydrogens is 586 g/mol. The van der Waals surface area contributed by atoms with Gasteiger partial charge in [0.15, 0.2) is 6.20 Å². The highest BCUT2D eigenvalue weighted by molar-refractivity contribution is 6.31. The summed E-state index contributed by atoms with van der Waals surface area (Å²) in [5.41, 5.74) is 0.515. The lowest BCUT2D eigenvalue weighted by Gasteiger charge is -2.17. The number of unbranched alkanes of at least 4 members (excludes halogenated alkanes) is 25. The van der Waals surface area contributed by atoms with E-state index in [1.807, 2.05) is 22.9 Å². The highest BCUT2D eigenvalue weighted by atomic mass is 35.5. The second-order valence-electron chi connectivity index (χ2n) is 14.3. The first-order chi connectivity index (χ1) is 22.6. The number of esters is 1. The zero-order chi connectivity index (χ0) is 33.3. The maximum absolute atomic E-state index is 13.2. The van der Waals surface area contributed by atoms with Crippen molar-refractivity contribution < 1.29 is 14.1 Å². The minimum absolute atomic E-state index is 0.258. The summed E-state index contributed by atoms with van der Waals surface area (Å²) in [7, 11) is 0. The van der Waals surface area contributed by atoms with E-state index in [1.54, 1.807) is 0 Å². The molecule has 0 amide bonds. The van der Waals surface area contributed by atoms with Gasteiger partial charge in [0.1, 0.15) is 12.1 Å². The molecule has 46 heavy (non-hydrogen) atoms. The van der Waals surface area contributed by atoms with Crippen LogP contribution in [0.25, 0.3) is 0 Å². The molecule has 0 aromatic carbocycles. The van der Waals surface area contributed by atoms with Crippen molar-refractivity contribution in [3.8, 4) is 0 Å². The molecule has 1 aromatic heterocycles. The van der Waals surface area contributed by atoms with E-state index in [1.165, 1.54) is 186 Å². The minimum atomic E-state index is -0.258. The lowest BCUT2D eigenvalue weighted by molar-refractivity contribution is -0.695. The second kappa shape index (κ2) is 32.5. The highest BCUT2D eigenvalue weighted by Crippen LogP contribution is 2.22. The summed E-state index contributed by atoms with van der Waals surface area (Å²) < 4.78 is 7.99. The molecule has 0 N–H and O–H groups in total. The van der Waals surface area contributed by atoms with E-state index in [0.29, 0.717) is 23.2 Å². The van der Waals surface area contributed by atoms with E-state index in [2.05, 4.69) is 20.8 Å². The van der Waals surface area contributed by atoms with Gasteiger partial charge >= 0.3 is 5.97 Å². The Labute approximate surface area is 292 Å². The summed E-state index contributed by atoms with van der Waals surface area (Å²) in [6.45, 7) is 8.23. The predicted molar refractivity (Wildman–Crippen MR) is 201 cm³/mol. The molecule has 0 saturated heterocycles. The summed E-state index contributed by atoms with van der Waals surface area (Å²) >= 11 is 6.75. The van der Waals surface area contributed by atoms with E-state index in [9.17, 15) is 4.79 Å². The number of carbonyl (C=O) groups is 1. The van der Waals surface area contributed by atoms with Crippen molar-refractivity contribution in [2.24, 2.45) is 5.92 Å². The standard InChI is InChI=1S/C42H77ClNO2/c1-4-7-10-13-16-19-21-24-27-30-34-39(33-29-26-23-18-15-12-9-6-3)38-46-42(45)40-35-32-37-44(41(40)43)36-31-28-25-22-20-17-14-11-8-5-2/h32,35,37,39H,4-31,33-34,36,38H2,1-3H3/q+1. The number of rotatable bonds is 34. The van der Waals surface area contributed by atoms with Gasteiger partial charge in [-0.2, -0.15) is 4.57 Å². The average Bonchev–Trinajstić information content (AvgIpc) is 3.06. The van der Waals surface area contributed by atoms with Crippen LogP contribution in [-0.4, -0.2) is 12.6 Å². The average molecular weight is 664 g/mol. The summed E-state index contributed by atoms with van der Waals surface area (Å²) in [5, 5.41) is 0.526. The lowest BCUT2D eigenvalue weighted by Crippen LogP contribution is -2.36. The minimum Gasteiger partial charge on any atom is -0.462 e. The van der Waals surface area contributed by atoms with Gasteiger partial charge in [-0.3, -0.25) is 0 Å². The summed E-state index contributed by atoms with van der Waals surface area (Å²) in [5.74, 6) is 0.200. The Bertz CT molecular complexity index is 813. The third-order valence-corrected chi connectivity index (χ3v) is 10.3. The van der Waals surface area contributed by atoms with Gasteiger partial charge in [0.2, 0.25) is 0 Å². The molecule has 1 unspecified atom stereocenters. The fourth-order valence-electron chi connectivity index (χ4n) is 6.70. The number of ether oxygens (including phenoxy) is 1. The van der Waals surface area contributed by atoms with Gasteiger partial charge in [-0.25, -0.2) is 4.79 Å². The zero-order valence-electron chi connectivity index (χ0n) is 31.1. The van der Waals surface area contributed by atoms with Gasteiger partial charge in [0, 0.05) is 12.5 Å². The van der Waals surface area contributed by atoms with E-state index < -0.39 is 0 Å². The van der Waals surface area contributed by atoms with Crippen molar-refractivity contribution >= 4 is 17.6 Å². The zero-order valence-corrected chi connectivity index (χ0v) is 31.8. The van der Waals surface area contributed by atoms with Crippen LogP contribution in [0.5, 0.6) is 0 Å². The molecule has 268 valence electrons. The number of aromatic nitrogens is 1. The molecule has 1 aromatic rings. The Morgan fingerprint density at radius 2 is 0.957 bits per heavy atom. The van der Waals surface area contributed by atoms with Crippen molar-refractivity contribution in [1.82, 2.24) is 0 Å². The van der Waals surface area contributed by atoms with Crippen LogP contribution in [-0.2, 0) is 11.3 Å². The van der Waals surface area contributed by atoms with Gasteiger partial charge in [0.25, 0.3) is 5.15 Å². The van der Waals surface area contributed by atoms with Crippen LogP contribution in [0.15, 0.2) is 18.3 Å². The first-order valence-corrected chi connectivity index (χ1v) is 20.9. The Hall–Kier alpha value is -1.09. The first kappa shape index (κ1) is 42.9. The number of aryl methyl sites for hydroxylation is 1.